The van der Waals surface area contributed by atoms with Crippen LogP contribution in [0.1, 0.15) is 49.8 Å². The van der Waals surface area contributed by atoms with Gasteiger partial charge in [-0.3, -0.25) is 4.79 Å². The summed E-state index contributed by atoms with van der Waals surface area (Å²) < 4.78 is 20.3. The minimum absolute atomic E-state index is 0. The molecule has 4 rings (SSSR count). The molecule has 7 nitrogen and oxygen atoms in total. The quantitative estimate of drug-likeness (QED) is 0.742. The number of piperidine rings is 1. The third-order valence-electron chi connectivity index (χ3n) is 6.00. The van der Waals surface area contributed by atoms with Crippen molar-refractivity contribution in [2.24, 2.45) is 5.92 Å². The number of halogens is 1. The maximum absolute atomic E-state index is 14.6. The van der Waals surface area contributed by atoms with Gasteiger partial charge in [0.2, 0.25) is 0 Å². The summed E-state index contributed by atoms with van der Waals surface area (Å²) in [5.41, 5.74) is 1.18. The monoisotopic (exact) mass is 418 g/mol. The number of nitrogens with zero attached hydrogens (tertiary/aromatic N) is 3. The number of nitrogens with one attached hydrogen (secondary N) is 1. The van der Waals surface area contributed by atoms with Crippen LogP contribution >= 0.6 is 0 Å². The minimum Gasteiger partial charge on any atom is -0.428 e. The number of aryl methyl sites for hydroxylation is 1. The predicted molar refractivity (Wildman–Crippen MR) is 116 cm³/mol. The van der Waals surface area contributed by atoms with E-state index in [1.807, 2.05) is 4.90 Å². The van der Waals surface area contributed by atoms with E-state index in [4.69, 9.17) is 9.52 Å². The summed E-state index contributed by atoms with van der Waals surface area (Å²) in [6, 6.07) is 5.23. The molecule has 2 fully saturated rings. The highest BCUT2D eigenvalue weighted by atomic mass is 19.1. The molecule has 8 heteroatoms. The summed E-state index contributed by atoms with van der Waals surface area (Å²) in [6.07, 6.45) is 5.05. The fraction of sp³-hybridized carbons (Fsp3) is 0.545. The summed E-state index contributed by atoms with van der Waals surface area (Å²) in [4.78, 5) is 21.1. The predicted octanol–water partition coefficient (Wildman–Crippen LogP) is 3.82. The van der Waals surface area contributed by atoms with Crippen LogP contribution < -0.4 is 15.1 Å². The first-order chi connectivity index (χ1) is 14.5. The molecule has 1 aromatic heterocycles. The van der Waals surface area contributed by atoms with Crippen LogP contribution in [0.3, 0.4) is 0 Å². The second-order valence-electron chi connectivity index (χ2n) is 8.18. The molecular weight excluding hydrogens is 387 g/mol. The van der Waals surface area contributed by atoms with Gasteiger partial charge < -0.3 is 24.6 Å². The van der Waals surface area contributed by atoms with Crippen molar-refractivity contribution in [3.05, 3.63) is 35.5 Å². The van der Waals surface area contributed by atoms with Crippen LogP contribution in [0.4, 0.5) is 21.8 Å². The molecule has 2 aromatic rings. The number of aliphatic hydroxyl groups excluding tert-OH is 1. The number of rotatable bonds is 6. The average molecular weight is 419 g/mol. The Balaban J connectivity index is 0.00000272. The first-order valence-electron chi connectivity index (χ1n) is 10.7. The normalized spacial score (nSPS) is 19.4. The number of aliphatic hydroxyl groups is 1. The SMILES string of the molecule is Cc1oc(N2CC[C@H](CCO)C2)nc1C(=O)Nc1ccc(N2CCCCC2)c(F)c1.[HH]. The Kier molecular flexibility index (Phi) is 6.22. The lowest BCUT2D eigenvalue weighted by molar-refractivity contribution is 0.102. The molecule has 2 saturated heterocycles. The summed E-state index contributed by atoms with van der Waals surface area (Å²) in [5.74, 6) is 0.0809. The van der Waals surface area contributed by atoms with Gasteiger partial charge in [0.1, 0.15) is 11.6 Å². The van der Waals surface area contributed by atoms with Crippen LogP contribution in [-0.4, -0.2) is 48.8 Å². The number of amides is 1. The molecule has 1 amide bonds. The molecule has 2 N–H and O–H groups in total. The molecular formula is C22H31FN4O3. The molecule has 0 aliphatic carbocycles. The van der Waals surface area contributed by atoms with Crippen molar-refractivity contribution < 1.29 is 20.1 Å². The Hall–Kier alpha value is -2.61. The summed E-state index contributed by atoms with van der Waals surface area (Å²) in [5, 5.41) is 11.8. The van der Waals surface area contributed by atoms with Gasteiger partial charge in [0.25, 0.3) is 11.9 Å². The van der Waals surface area contributed by atoms with Gasteiger partial charge in [-0.25, -0.2) is 4.39 Å². The van der Waals surface area contributed by atoms with Gasteiger partial charge in [0.05, 0.1) is 5.69 Å². The Morgan fingerprint density at radius 2 is 2.10 bits per heavy atom. The van der Waals surface area contributed by atoms with E-state index in [1.54, 1.807) is 19.1 Å². The van der Waals surface area contributed by atoms with Gasteiger partial charge in [0.15, 0.2) is 5.69 Å². The van der Waals surface area contributed by atoms with Crippen molar-refractivity contribution in [1.29, 1.82) is 0 Å². The molecule has 30 heavy (non-hydrogen) atoms. The lowest BCUT2D eigenvalue weighted by Crippen LogP contribution is -2.30. The van der Waals surface area contributed by atoms with E-state index in [0.29, 0.717) is 29.1 Å². The Labute approximate surface area is 177 Å². The number of oxazole rings is 1. The first kappa shape index (κ1) is 20.7. The smallest absolute Gasteiger partial charge is 0.298 e. The van der Waals surface area contributed by atoms with Crippen LogP contribution in [0.5, 0.6) is 0 Å². The van der Waals surface area contributed by atoms with Gasteiger partial charge in [-0.1, -0.05) is 0 Å². The number of carbonyl (C=O) groups is 1. The van der Waals surface area contributed by atoms with E-state index in [1.165, 1.54) is 12.5 Å². The zero-order valence-electron chi connectivity index (χ0n) is 17.4. The highest BCUT2D eigenvalue weighted by Crippen LogP contribution is 2.28. The molecule has 0 unspecified atom stereocenters. The number of hydrogen-bond acceptors (Lipinski definition) is 6. The third-order valence-corrected chi connectivity index (χ3v) is 6.00. The molecule has 0 saturated carbocycles. The average Bonchev–Trinajstić information content (AvgIpc) is 3.36. The van der Waals surface area contributed by atoms with Crippen LogP contribution in [0, 0.1) is 18.7 Å². The Morgan fingerprint density at radius 3 is 2.83 bits per heavy atom. The van der Waals surface area contributed by atoms with Crippen LogP contribution in [-0.2, 0) is 0 Å². The van der Waals surface area contributed by atoms with E-state index < -0.39 is 5.91 Å². The first-order valence-corrected chi connectivity index (χ1v) is 10.7. The molecule has 1 atom stereocenters. The van der Waals surface area contributed by atoms with Crippen LogP contribution in [0.2, 0.25) is 0 Å². The molecule has 2 aliphatic rings. The van der Waals surface area contributed by atoms with E-state index >= 15 is 0 Å². The number of benzene rings is 1. The summed E-state index contributed by atoms with van der Waals surface area (Å²) in [7, 11) is 0. The zero-order valence-corrected chi connectivity index (χ0v) is 17.4. The third kappa shape index (κ3) is 4.43. The largest absolute Gasteiger partial charge is 0.428 e. The lowest BCUT2D eigenvalue weighted by atomic mass is 10.1. The second-order valence-corrected chi connectivity index (χ2v) is 8.18. The maximum atomic E-state index is 14.6. The lowest BCUT2D eigenvalue weighted by Gasteiger charge is -2.29. The van der Waals surface area contributed by atoms with Gasteiger partial charge in [-0.2, -0.15) is 4.98 Å². The topological polar surface area (TPSA) is 81.8 Å². The van der Waals surface area contributed by atoms with Gasteiger partial charge in [0, 0.05) is 39.9 Å². The number of carbonyl (C=O) groups excluding carboxylic acids is 1. The summed E-state index contributed by atoms with van der Waals surface area (Å²) >= 11 is 0. The van der Waals surface area contributed by atoms with Gasteiger partial charge in [-0.05, 0) is 63.1 Å². The Morgan fingerprint density at radius 1 is 1.30 bits per heavy atom. The van der Waals surface area contributed by atoms with Crippen LogP contribution in [0.25, 0.3) is 0 Å². The molecule has 164 valence electrons. The number of hydrogen-bond donors (Lipinski definition) is 2. The van der Waals surface area contributed by atoms with Crippen molar-refractivity contribution in [3.8, 4) is 0 Å². The fourth-order valence-corrected chi connectivity index (χ4v) is 4.32. The standard InChI is InChI=1S/C22H29FN4O3.H2/c1-15-20(25-22(30-15)27-11-7-16(14-27)8-12-28)21(29)24-17-5-6-19(18(23)13-17)26-9-3-2-4-10-26;/h5-6,13,16,28H,2-4,7-12,14H2,1H3,(H,24,29);1H/t16-;/m1./s1. The van der Waals surface area contributed by atoms with Gasteiger partial charge in [-0.15, -0.1) is 0 Å². The van der Waals surface area contributed by atoms with Gasteiger partial charge >= 0.3 is 0 Å². The highest BCUT2D eigenvalue weighted by Gasteiger charge is 2.27. The van der Waals surface area contributed by atoms with Crippen LogP contribution in [0.15, 0.2) is 22.6 Å². The Bertz CT molecular complexity index is 901. The highest BCUT2D eigenvalue weighted by molar-refractivity contribution is 6.03. The summed E-state index contributed by atoms with van der Waals surface area (Å²) in [6.45, 7) is 5.13. The number of aromatic nitrogens is 1. The molecule has 2 aliphatic heterocycles. The number of anilines is 3. The van der Waals surface area contributed by atoms with E-state index in [0.717, 1.165) is 51.9 Å². The molecule has 3 heterocycles. The van der Waals surface area contributed by atoms with Crippen molar-refractivity contribution in [2.75, 3.05) is 47.9 Å². The molecule has 0 spiro atoms. The second kappa shape index (κ2) is 9.04. The van der Waals surface area contributed by atoms with E-state index in [-0.39, 0.29) is 19.5 Å². The molecule has 0 bridgehead atoms. The van der Waals surface area contributed by atoms with E-state index in [9.17, 15) is 9.18 Å². The minimum atomic E-state index is -0.418. The van der Waals surface area contributed by atoms with Crippen molar-refractivity contribution in [3.63, 3.8) is 0 Å². The van der Waals surface area contributed by atoms with Crippen molar-refractivity contribution in [1.82, 2.24) is 4.98 Å². The molecule has 1 aromatic carbocycles. The zero-order chi connectivity index (χ0) is 21.1. The maximum Gasteiger partial charge on any atom is 0.298 e. The van der Waals surface area contributed by atoms with Crippen molar-refractivity contribution in [2.45, 2.75) is 39.0 Å². The molecule has 0 radical (unpaired) electrons. The van der Waals surface area contributed by atoms with Crippen molar-refractivity contribution >= 4 is 23.3 Å². The fourth-order valence-electron chi connectivity index (χ4n) is 4.32. The van der Waals surface area contributed by atoms with E-state index in [2.05, 4.69) is 15.2 Å².